The molecule has 1 amide bonds. The van der Waals surface area contributed by atoms with E-state index in [4.69, 9.17) is 0 Å². The molecule has 0 fully saturated rings. The van der Waals surface area contributed by atoms with Crippen molar-refractivity contribution < 1.29 is 9.90 Å². The van der Waals surface area contributed by atoms with Crippen LogP contribution in [0.2, 0.25) is 0 Å². The van der Waals surface area contributed by atoms with E-state index in [2.05, 4.69) is 10.6 Å². The number of rotatable bonds is 5. The number of carbonyl (C=O) groups excluding carboxylic acids is 1. The second-order valence-corrected chi connectivity index (χ2v) is 5.97. The molecule has 1 aliphatic rings. The Morgan fingerprint density at radius 1 is 1.17 bits per heavy atom. The summed E-state index contributed by atoms with van der Waals surface area (Å²) in [6.07, 6.45) is -0.0335. The molecule has 0 spiro atoms. The average molecular weight is 347 g/mol. The van der Waals surface area contributed by atoms with Crippen LogP contribution in [0.25, 0.3) is 0 Å². The Morgan fingerprint density at radius 3 is 2.67 bits per heavy atom. The van der Waals surface area contributed by atoms with Gasteiger partial charge in [-0.05, 0) is 16.7 Å². The van der Waals surface area contributed by atoms with Crippen LogP contribution < -0.4 is 10.6 Å². The van der Waals surface area contributed by atoms with Crippen LogP contribution in [-0.4, -0.2) is 30.2 Å². The molecule has 1 unspecified atom stereocenters. The summed E-state index contributed by atoms with van der Waals surface area (Å²) in [6.45, 7) is 1.71. The fourth-order valence-electron chi connectivity index (χ4n) is 3.03. The normalized spacial score (nSPS) is 17.3. The number of halogens is 1. The van der Waals surface area contributed by atoms with Crippen LogP contribution in [0.4, 0.5) is 0 Å². The second kappa shape index (κ2) is 8.83. The van der Waals surface area contributed by atoms with Gasteiger partial charge in [-0.25, -0.2) is 0 Å². The zero-order valence-corrected chi connectivity index (χ0v) is 14.3. The number of hydrogen-bond donors (Lipinski definition) is 3. The van der Waals surface area contributed by atoms with E-state index in [1.807, 2.05) is 54.6 Å². The van der Waals surface area contributed by atoms with E-state index in [0.29, 0.717) is 13.0 Å². The Morgan fingerprint density at radius 2 is 1.88 bits per heavy atom. The smallest absolute Gasteiger partial charge is 0.228 e. The summed E-state index contributed by atoms with van der Waals surface area (Å²) in [5, 5.41) is 16.3. The van der Waals surface area contributed by atoms with Crippen molar-refractivity contribution in [1.29, 1.82) is 0 Å². The van der Waals surface area contributed by atoms with E-state index in [1.54, 1.807) is 0 Å². The fourth-order valence-corrected chi connectivity index (χ4v) is 3.03. The number of benzene rings is 2. The fraction of sp³-hybridized carbons (Fsp3) is 0.316. The predicted octanol–water partition coefficient (Wildman–Crippen LogP) is 2.01. The van der Waals surface area contributed by atoms with Crippen LogP contribution in [0.15, 0.2) is 54.6 Å². The molecule has 5 heteroatoms. The highest BCUT2D eigenvalue weighted by molar-refractivity contribution is 5.85. The molecule has 3 N–H and O–H groups in total. The van der Waals surface area contributed by atoms with Gasteiger partial charge in [-0.3, -0.25) is 4.79 Å². The Balaban J connectivity index is 0.00000208. The van der Waals surface area contributed by atoms with Crippen LogP contribution in [0, 0.1) is 0 Å². The minimum atomic E-state index is -0.576. The molecule has 1 heterocycles. The molecule has 0 bridgehead atoms. The van der Waals surface area contributed by atoms with Gasteiger partial charge in [-0.1, -0.05) is 54.6 Å². The number of fused-ring (bicyclic) bond motifs is 1. The van der Waals surface area contributed by atoms with E-state index < -0.39 is 6.10 Å². The third-order valence-corrected chi connectivity index (χ3v) is 4.24. The molecule has 0 saturated carbocycles. The number of hydrogen-bond acceptors (Lipinski definition) is 3. The van der Waals surface area contributed by atoms with E-state index in [0.717, 1.165) is 17.7 Å². The maximum atomic E-state index is 12.5. The molecule has 2 aromatic rings. The Hall–Kier alpha value is -1.88. The van der Waals surface area contributed by atoms with Crippen molar-refractivity contribution in [2.45, 2.75) is 25.0 Å². The van der Waals surface area contributed by atoms with E-state index in [9.17, 15) is 9.90 Å². The summed E-state index contributed by atoms with van der Waals surface area (Å²) >= 11 is 0. The van der Waals surface area contributed by atoms with Gasteiger partial charge in [0, 0.05) is 26.1 Å². The highest BCUT2D eigenvalue weighted by atomic mass is 35.5. The van der Waals surface area contributed by atoms with Crippen LogP contribution in [-0.2, 0) is 17.8 Å². The molecular weight excluding hydrogens is 324 g/mol. The first-order chi connectivity index (χ1) is 11.2. The Kier molecular flexibility index (Phi) is 6.79. The summed E-state index contributed by atoms with van der Waals surface area (Å²) in [6, 6.07) is 17.8. The van der Waals surface area contributed by atoms with Crippen molar-refractivity contribution in [2.75, 3.05) is 13.1 Å². The third-order valence-electron chi connectivity index (χ3n) is 4.24. The zero-order valence-electron chi connectivity index (χ0n) is 13.4. The van der Waals surface area contributed by atoms with Gasteiger partial charge in [-0.15, -0.1) is 12.4 Å². The highest BCUT2D eigenvalue weighted by Crippen LogP contribution is 2.23. The van der Waals surface area contributed by atoms with Gasteiger partial charge in [0.05, 0.1) is 12.0 Å². The van der Waals surface area contributed by atoms with Gasteiger partial charge in [-0.2, -0.15) is 0 Å². The van der Waals surface area contributed by atoms with E-state index in [1.165, 1.54) is 5.56 Å². The van der Waals surface area contributed by atoms with E-state index >= 15 is 0 Å². The molecule has 0 aliphatic carbocycles. The molecule has 128 valence electrons. The van der Waals surface area contributed by atoms with Crippen LogP contribution in [0.3, 0.4) is 0 Å². The lowest BCUT2D eigenvalue weighted by Gasteiger charge is -2.26. The number of amides is 1. The van der Waals surface area contributed by atoms with Gasteiger partial charge in [0.2, 0.25) is 5.91 Å². The van der Waals surface area contributed by atoms with Crippen LogP contribution >= 0.6 is 12.4 Å². The molecular formula is C19H23ClN2O2. The van der Waals surface area contributed by atoms with Crippen LogP contribution in [0.1, 0.15) is 22.6 Å². The lowest BCUT2D eigenvalue weighted by molar-refractivity contribution is -0.123. The summed E-state index contributed by atoms with van der Waals surface area (Å²) < 4.78 is 0. The summed E-state index contributed by atoms with van der Waals surface area (Å²) in [7, 11) is 0. The molecule has 24 heavy (non-hydrogen) atoms. The largest absolute Gasteiger partial charge is 0.391 e. The van der Waals surface area contributed by atoms with Crippen molar-refractivity contribution in [3.05, 3.63) is 71.3 Å². The molecule has 1 aliphatic heterocycles. The van der Waals surface area contributed by atoms with Gasteiger partial charge >= 0.3 is 0 Å². The Labute approximate surface area is 148 Å². The lowest BCUT2D eigenvalue weighted by Crippen LogP contribution is -2.41. The number of aliphatic hydroxyl groups is 1. The van der Waals surface area contributed by atoms with Crippen molar-refractivity contribution in [3.8, 4) is 0 Å². The van der Waals surface area contributed by atoms with Crippen molar-refractivity contribution in [2.24, 2.45) is 0 Å². The van der Waals surface area contributed by atoms with Gasteiger partial charge in [0.15, 0.2) is 0 Å². The molecule has 0 aromatic heterocycles. The van der Waals surface area contributed by atoms with Crippen molar-refractivity contribution in [1.82, 2.24) is 10.6 Å². The summed E-state index contributed by atoms with van der Waals surface area (Å²) in [5.74, 6) is -0.222. The van der Waals surface area contributed by atoms with Crippen molar-refractivity contribution >= 4 is 18.3 Å². The molecule has 0 saturated heterocycles. The van der Waals surface area contributed by atoms with Crippen molar-refractivity contribution in [3.63, 3.8) is 0 Å². The highest BCUT2D eigenvalue weighted by Gasteiger charge is 2.26. The van der Waals surface area contributed by atoms with Gasteiger partial charge < -0.3 is 15.7 Å². The molecule has 0 radical (unpaired) electrons. The number of nitrogens with one attached hydrogen (secondary N) is 2. The first kappa shape index (κ1) is 18.5. The quantitative estimate of drug-likeness (QED) is 0.776. The van der Waals surface area contributed by atoms with Crippen LogP contribution in [0.5, 0.6) is 0 Å². The van der Waals surface area contributed by atoms with Gasteiger partial charge in [0.1, 0.15) is 0 Å². The molecule has 2 aromatic carbocycles. The maximum Gasteiger partial charge on any atom is 0.228 e. The topological polar surface area (TPSA) is 61.4 Å². The number of carbonyl (C=O) groups is 1. The Bertz CT molecular complexity index is 663. The predicted molar refractivity (Wildman–Crippen MR) is 97.3 cm³/mol. The minimum absolute atomic E-state index is 0. The first-order valence-electron chi connectivity index (χ1n) is 8.02. The molecule has 2 atom stereocenters. The summed E-state index contributed by atoms with van der Waals surface area (Å²) in [5.41, 5.74) is 3.32. The van der Waals surface area contributed by atoms with Gasteiger partial charge in [0.25, 0.3) is 0 Å². The number of aliphatic hydroxyl groups excluding tert-OH is 1. The zero-order chi connectivity index (χ0) is 16.1. The third kappa shape index (κ3) is 4.57. The lowest BCUT2D eigenvalue weighted by atomic mass is 9.90. The monoisotopic (exact) mass is 346 g/mol. The maximum absolute atomic E-state index is 12.5. The SMILES string of the molecule is Cl.O=C(NC[C@H](O)Cc1ccccc1)C1CNCc2ccccc21. The second-order valence-electron chi connectivity index (χ2n) is 5.97. The first-order valence-corrected chi connectivity index (χ1v) is 8.02. The average Bonchev–Trinajstić information content (AvgIpc) is 2.60. The molecule has 4 nitrogen and oxygen atoms in total. The summed E-state index contributed by atoms with van der Waals surface area (Å²) in [4.78, 5) is 12.5. The minimum Gasteiger partial charge on any atom is -0.391 e. The van der Waals surface area contributed by atoms with E-state index in [-0.39, 0.29) is 30.8 Å². The standard InChI is InChI=1S/C19H22N2O2.ClH/c22-16(10-14-6-2-1-3-7-14)12-21-19(23)18-13-20-11-15-8-4-5-9-17(15)18;/h1-9,16,18,20,22H,10-13H2,(H,21,23);1H/t16-,18?;/m1./s1. The molecule has 3 rings (SSSR count).